The van der Waals surface area contributed by atoms with Crippen LogP contribution >= 0.6 is 24.8 Å². The van der Waals surface area contributed by atoms with Crippen molar-refractivity contribution >= 4 is 30.7 Å². The SMILES string of the molecule is Cl.Cl.O=C(CCC1CCNC1)NCCN1CCCC1. The highest BCUT2D eigenvalue weighted by Gasteiger charge is 2.16. The van der Waals surface area contributed by atoms with Gasteiger partial charge >= 0.3 is 0 Å². The van der Waals surface area contributed by atoms with Crippen LogP contribution in [0.5, 0.6) is 0 Å². The molecule has 1 amide bonds. The molecule has 4 nitrogen and oxygen atoms in total. The molecule has 0 radical (unpaired) electrons. The molecule has 0 aromatic rings. The largest absolute Gasteiger partial charge is 0.355 e. The number of amides is 1. The Hall–Kier alpha value is -0.0300. The first-order valence-electron chi connectivity index (χ1n) is 7.04. The fourth-order valence-corrected chi connectivity index (χ4v) is 2.74. The number of carbonyl (C=O) groups is 1. The number of hydrogen-bond donors (Lipinski definition) is 2. The summed E-state index contributed by atoms with van der Waals surface area (Å²) in [5.74, 6) is 0.954. The van der Waals surface area contributed by atoms with E-state index in [2.05, 4.69) is 15.5 Å². The summed E-state index contributed by atoms with van der Waals surface area (Å²) in [7, 11) is 0. The lowest BCUT2D eigenvalue weighted by molar-refractivity contribution is -0.121. The van der Waals surface area contributed by atoms with E-state index in [1.807, 2.05) is 0 Å². The Bertz CT molecular complexity index is 242. The number of halogens is 2. The summed E-state index contributed by atoms with van der Waals surface area (Å²) in [6.07, 6.45) is 5.63. The summed E-state index contributed by atoms with van der Waals surface area (Å²) in [4.78, 5) is 14.1. The Morgan fingerprint density at radius 3 is 2.63 bits per heavy atom. The van der Waals surface area contributed by atoms with Crippen LogP contribution in [0.3, 0.4) is 0 Å². The van der Waals surface area contributed by atoms with Gasteiger partial charge in [0.15, 0.2) is 0 Å². The molecular weight excluding hydrogens is 285 g/mol. The Morgan fingerprint density at radius 2 is 2.00 bits per heavy atom. The third-order valence-electron chi connectivity index (χ3n) is 3.89. The third-order valence-corrected chi connectivity index (χ3v) is 3.89. The van der Waals surface area contributed by atoms with Crippen molar-refractivity contribution < 1.29 is 4.79 Å². The second-order valence-electron chi connectivity index (χ2n) is 5.30. The zero-order valence-corrected chi connectivity index (χ0v) is 13.2. The lowest BCUT2D eigenvalue weighted by atomic mass is 10.0. The minimum absolute atomic E-state index is 0. The first-order valence-corrected chi connectivity index (χ1v) is 7.04. The van der Waals surface area contributed by atoms with E-state index in [0.29, 0.717) is 6.42 Å². The number of nitrogens with one attached hydrogen (secondary N) is 2. The molecule has 1 unspecified atom stereocenters. The van der Waals surface area contributed by atoms with Crippen molar-refractivity contribution in [3.8, 4) is 0 Å². The van der Waals surface area contributed by atoms with E-state index in [0.717, 1.165) is 38.5 Å². The highest BCUT2D eigenvalue weighted by Crippen LogP contribution is 2.13. The van der Waals surface area contributed by atoms with Crippen LogP contribution in [-0.4, -0.2) is 50.1 Å². The zero-order valence-electron chi connectivity index (χ0n) is 11.5. The quantitative estimate of drug-likeness (QED) is 0.780. The molecule has 0 spiro atoms. The van der Waals surface area contributed by atoms with E-state index in [1.54, 1.807) is 0 Å². The molecule has 2 rings (SSSR count). The molecule has 0 aliphatic carbocycles. The van der Waals surface area contributed by atoms with Crippen LogP contribution in [0.2, 0.25) is 0 Å². The van der Waals surface area contributed by atoms with Gasteiger partial charge in [-0.2, -0.15) is 0 Å². The molecule has 2 N–H and O–H groups in total. The average Bonchev–Trinajstić information content (AvgIpc) is 2.99. The monoisotopic (exact) mass is 311 g/mol. The maximum Gasteiger partial charge on any atom is 0.220 e. The first kappa shape index (κ1) is 19.0. The molecular formula is C13H27Cl2N3O. The van der Waals surface area contributed by atoms with Crippen molar-refractivity contribution in [1.82, 2.24) is 15.5 Å². The average molecular weight is 312 g/mol. The fourth-order valence-electron chi connectivity index (χ4n) is 2.74. The van der Waals surface area contributed by atoms with Crippen molar-refractivity contribution in [2.24, 2.45) is 5.92 Å². The fraction of sp³-hybridized carbons (Fsp3) is 0.923. The molecule has 6 heteroatoms. The van der Waals surface area contributed by atoms with Gasteiger partial charge in [0.1, 0.15) is 0 Å². The van der Waals surface area contributed by atoms with Crippen LogP contribution in [0.15, 0.2) is 0 Å². The van der Waals surface area contributed by atoms with E-state index in [4.69, 9.17) is 0 Å². The van der Waals surface area contributed by atoms with Crippen LogP contribution in [-0.2, 0) is 4.79 Å². The summed E-state index contributed by atoms with van der Waals surface area (Å²) in [6, 6.07) is 0. The van der Waals surface area contributed by atoms with Gasteiger partial charge in [-0.15, -0.1) is 24.8 Å². The van der Waals surface area contributed by atoms with E-state index in [1.165, 1.54) is 32.4 Å². The van der Waals surface area contributed by atoms with Crippen LogP contribution in [0.1, 0.15) is 32.1 Å². The highest BCUT2D eigenvalue weighted by molar-refractivity contribution is 5.85. The van der Waals surface area contributed by atoms with E-state index < -0.39 is 0 Å². The van der Waals surface area contributed by atoms with E-state index in [9.17, 15) is 4.79 Å². The van der Waals surface area contributed by atoms with Gasteiger partial charge in [-0.3, -0.25) is 4.79 Å². The summed E-state index contributed by atoms with van der Waals surface area (Å²) in [5, 5.41) is 6.37. The Morgan fingerprint density at radius 1 is 1.26 bits per heavy atom. The van der Waals surface area contributed by atoms with Gasteiger partial charge < -0.3 is 15.5 Å². The number of nitrogens with zero attached hydrogens (tertiary/aromatic N) is 1. The summed E-state index contributed by atoms with van der Waals surface area (Å²) >= 11 is 0. The maximum atomic E-state index is 11.6. The molecule has 0 aromatic heterocycles. The summed E-state index contributed by atoms with van der Waals surface area (Å²) in [6.45, 7) is 6.49. The molecule has 2 heterocycles. The molecule has 2 aliphatic heterocycles. The van der Waals surface area contributed by atoms with Crippen LogP contribution in [0, 0.1) is 5.92 Å². The number of likely N-dealkylation sites (tertiary alicyclic amines) is 1. The molecule has 0 aromatic carbocycles. The lowest BCUT2D eigenvalue weighted by Crippen LogP contribution is -2.33. The van der Waals surface area contributed by atoms with Gasteiger partial charge in [-0.05, 0) is 57.8 Å². The molecule has 2 aliphatic rings. The first-order chi connectivity index (χ1) is 8.34. The molecule has 1 atom stereocenters. The molecule has 2 saturated heterocycles. The van der Waals surface area contributed by atoms with E-state index >= 15 is 0 Å². The maximum absolute atomic E-state index is 11.6. The number of carbonyl (C=O) groups excluding carboxylic acids is 1. The molecule has 114 valence electrons. The second kappa shape index (κ2) is 10.7. The summed E-state index contributed by atoms with van der Waals surface area (Å²) in [5.41, 5.74) is 0. The van der Waals surface area contributed by atoms with Gasteiger partial charge in [0, 0.05) is 19.5 Å². The number of rotatable bonds is 6. The number of hydrogen-bond acceptors (Lipinski definition) is 3. The molecule has 2 fully saturated rings. The Labute approximate surface area is 128 Å². The predicted octanol–water partition coefficient (Wildman–Crippen LogP) is 1.43. The van der Waals surface area contributed by atoms with Gasteiger partial charge in [0.05, 0.1) is 0 Å². The van der Waals surface area contributed by atoms with Crippen LogP contribution < -0.4 is 10.6 Å². The molecule has 19 heavy (non-hydrogen) atoms. The minimum atomic E-state index is 0. The van der Waals surface area contributed by atoms with Crippen molar-refractivity contribution in [1.29, 1.82) is 0 Å². The zero-order chi connectivity index (χ0) is 11.9. The smallest absolute Gasteiger partial charge is 0.220 e. The van der Waals surface area contributed by atoms with Crippen LogP contribution in [0.4, 0.5) is 0 Å². The highest BCUT2D eigenvalue weighted by atomic mass is 35.5. The predicted molar refractivity (Wildman–Crippen MR) is 83.4 cm³/mol. The van der Waals surface area contributed by atoms with Gasteiger partial charge in [-0.25, -0.2) is 0 Å². The Balaban J connectivity index is 0.00000162. The third kappa shape index (κ3) is 7.35. The lowest BCUT2D eigenvalue weighted by Gasteiger charge is -2.15. The van der Waals surface area contributed by atoms with Crippen molar-refractivity contribution in [2.45, 2.75) is 32.1 Å². The molecule has 0 bridgehead atoms. The second-order valence-corrected chi connectivity index (χ2v) is 5.30. The van der Waals surface area contributed by atoms with Gasteiger partial charge in [0.25, 0.3) is 0 Å². The topological polar surface area (TPSA) is 44.4 Å². The van der Waals surface area contributed by atoms with E-state index in [-0.39, 0.29) is 30.7 Å². The standard InChI is InChI=1S/C13H25N3O.2ClH/c17-13(4-3-12-5-6-14-11-12)15-7-10-16-8-1-2-9-16;;/h12,14H,1-11H2,(H,15,17);2*1H. The molecule has 0 saturated carbocycles. The normalized spacial score (nSPS) is 22.6. The minimum Gasteiger partial charge on any atom is -0.355 e. The van der Waals surface area contributed by atoms with Crippen molar-refractivity contribution in [2.75, 3.05) is 39.3 Å². The van der Waals surface area contributed by atoms with Gasteiger partial charge in [-0.1, -0.05) is 0 Å². The summed E-state index contributed by atoms with van der Waals surface area (Å²) < 4.78 is 0. The van der Waals surface area contributed by atoms with Crippen molar-refractivity contribution in [3.05, 3.63) is 0 Å². The van der Waals surface area contributed by atoms with Crippen molar-refractivity contribution in [3.63, 3.8) is 0 Å². The van der Waals surface area contributed by atoms with Gasteiger partial charge in [0.2, 0.25) is 5.91 Å². The Kier molecular flexibility index (Phi) is 10.7. The van der Waals surface area contributed by atoms with Crippen LogP contribution in [0.25, 0.3) is 0 Å².